The highest BCUT2D eigenvalue weighted by Crippen LogP contribution is 2.29. The highest BCUT2D eigenvalue weighted by atomic mass is 16.5. The first-order chi connectivity index (χ1) is 18.6. The average molecular weight is 515 g/mol. The number of nitrogens with one attached hydrogen (secondary N) is 1. The van der Waals surface area contributed by atoms with Crippen LogP contribution in [0.1, 0.15) is 24.5 Å². The minimum absolute atomic E-state index is 0.178. The van der Waals surface area contributed by atoms with Crippen LogP contribution in [0.4, 0.5) is 10.5 Å². The molecule has 8 nitrogen and oxygen atoms in total. The summed E-state index contributed by atoms with van der Waals surface area (Å²) in [5.74, 6) is 2.05. The Kier molecular flexibility index (Phi) is 9.62. The normalized spacial score (nSPS) is 10.6. The first kappa shape index (κ1) is 26.6. The zero-order chi connectivity index (χ0) is 26.6. The molecule has 3 aromatic carbocycles. The molecule has 198 valence electrons. The van der Waals surface area contributed by atoms with E-state index in [2.05, 4.69) is 10.3 Å². The molecule has 4 aromatic rings. The van der Waals surface area contributed by atoms with Crippen LogP contribution < -0.4 is 19.5 Å². The van der Waals surface area contributed by atoms with Crippen molar-refractivity contribution in [3.05, 3.63) is 103 Å². The number of hydrogen-bond donors (Lipinski definition) is 1. The fourth-order valence-corrected chi connectivity index (χ4v) is 4.00. The minimum atomic E-state index is -0.178. The van der Waals surface area contributed by atoms with Crippen molar-refractivity contribution in [3.8, 4) is 17.2 Å². The fourth-order valence-electron chi connectivity index (χ4n) is 4.00. The van der Waals surface area contributed by atoms with Crippen molar-refractivity contribution in [3.63, 3.8) is 0 Å². The third-order valence-corrected chi connectivity index (χ3v) is 5.95. The van der Waals surface area contributed by atoms with Crippen LogP contribution in [-0.2, 0) is 19.7 Å². The van der Waals surface area contributed by atoms with Crippen LogP contribution in [0.2, 0.25) is 0 Å². The average Bonchev–Trinajstić information content (AvgIpc) is 3.47. The smallest absolute Gasteiger partial charge is 0.322 e. The number of aryl methyl sites for hydroxylation is 1. The molecule has 8 heteroatoms. The molecule has 0 saturated carbocycles. The lowest BCUT2D eigenvalue weighted by molar-refractivity contribution is 0.207. The summed E-state index contributed by atoms with van der Waals surface area (Å²) in [6.45, 7) is 4.73. The number of hydrogen-bond acceptors (Lipinski definition) is 5. The van der Waals surface area contributed by atoms with Gasteiger partial charge in [0.25, 0.3) is 0 Å². The number of ether oxygens (including phenoxy) is 3. The van der Waals surface area contributed by atoms with Crippen molar-refractivity contribution < 1.29 is 19.0 Å². The van der Waals surface area contributed by atoms with Crippen LogP contribution >= 0.6 is 0 Å². The van der Waals surface area contributed by atoms with E-state index in [1.165, 1.54) is 0 Å². The fraction of sp³-hybridized carbons (Fsp3) is 0.267. The zero-order valence-corrected chi connectivity index (χ0v) is 21.9. The van der Waals surface area contributed by atoms with E-state index in [1.54, 1.807) is 24.5 Å². The maximum atomic E-state index is 13.3. The maximum Gasteiger partial charge on any atom is 0.322 e. The molecule has 1 N–H and O–H groups in total. The molecule has 0 unspecified atom stereocenters. The van der Waals surface area contributed by atoms with Crippen LogP contribution in [0.15, 0.2) is 91.5 Å². The monoisotopic (exact) mass is 514 g/mol. The highest BCUT2D eigenvalue weighted by Gasteiger charge is 2.16. The summed E-state index contributed by atoms with van der Waals surface area (Å²) in [6, 6.07) is 23.0. The molecule has 0 aliphatic carbocycles. The van der Waals surface area contributed by atoms with E-state index in [9.17, 15) is 4.79 Å². The van der Waals surface area contributed by atoms with Gasteiger partial charge in [-0.15, -0.1) is 0 Å². The number of benzene rings is 3. The quantitative estimate of drug-likeness (QED) is 0.237. The Bertz CT molecular complexity index is 1260. The SMILES string of the molecule is CCOc1ccc(NC(=O)N(CCCn2ccnc2)Cc2ccc(OCc3ccccc3)c(OC)c2)cc1. The van der Waals surface area contributed by atoms with Gasteiger partial charge in [-0.05, 0) is 60.9 Å². The third kappa shape index (κ3) is 7.77. The van der Waals surface area contributed by atoms with Gasteiger partial charge in [0.05, 0.1) is 20.0 Å². The maximum absolute atomic E-state index is 13.3. The number of rotatable bonds is 13. The minimum Gasteiger partial charge on any atom is -0.494 e. The second-order valence-corrected chi connectivity index (χ2v) is 8.72. The van der Waals surface area contributed by atoms with Crippen molar-refractivity contribution >= 4 is 11.7 Å². The van der Waals surface area contributed by atoms with Gasteiger partial charge in [0.1, 0.15) is 12.4 Å². The topological polar surface area (TPSA) is 77.9 Å². The van der Waals surface area contributed by atoms with Gasteiger partial charge in [0, 0.05) is 37.7 Å². The van der Waals surface area contributed by atoms with Crippen LogP contribution in [0.25, 0.3) is 0 Å². The molecule has 0 atom stereocenters. The standard InChI is InChI=1S/C30H34N4O4/c1-3-37-27-13-11-26(12-14-27)32-30(35)34(18-7-17-33-19-16-31-23-33)21-25-10-15-28(29(20-25)36-2)38-22-24-8-5-4-6-9-24/h4-6,8-16,19-20,23H,3,7,17-18,21-22H2,1-2H3,(H,32,35). The first-order valence-electron chi connectivity index (χ1n) is 12.7. The van der Waals surface area contributed by atoms with E-state index in [0.29, 0.717) is 43.5 Å². The lowest BCUT2D eigenvalue weighted by atomic mass is 10.1. The second kappa shape index (κ2) is 13.7. The summed E-state index contributed by atoms with van der Waals surface area (Å²) in [7, 11) is 1.62. The number of carbonyl (C=O) groups excluding carboxylic acids is 1. The van der Waals surface area contributed by atoms with Crippen molar-refractivity contribution in [2.45, 2.75) is 33.0 Å². The van der Waals surface area contributed by atoms with Crippen molar-refractivity contribution in [1.29, 1.82) is 0 Å². The molecule has 1 heterocycles. The zero-order valence-electron chi connectivity index (χ0n) is 21.9. The van der Waals surface area contributed by atoms with E-state index >= 15 is 0 Å². The van der Waals surface area contributed by atoms with Gasteiger partial charge >= 0.3 is 6.03 Å². The summed E-state index contributed by atoms with van der Waals surface area (Å²) >= 11 is 0. The van der Waals surface area contributed by atoms with E-state index in [0.717, 1.165) is 29.8 Å². The Labute approximate surface area is 223 Å². The van der Waals surface area contributed by atoms with E-state index in [4.69, 9.17) is 14.2 Å². The highest BCUT2D eigenvalue weighted by molar-refractivity contribution is 5.89. The van der Waals surface area contributed by atoms with E-state index in [-0.39, 0.29) is 6.03 Å². The third-order valence-electron chi connectivity index (χ3n) is 5.95. The number of nitrogens with zero attached hydrogens (tertiary/aromatic N) is 3. The van der Waals surface area contributed by atoms with Gasteiger partial charge < -0.3 is 29.0 Å². The molecule has 0 spiro atoms. The van der Waals surface area contributed by atoms with Gasteiger partial charge in [-0.25, -0.2) is 9.78 Å². The van der Waals surface area contributed by atoms with Crippen LogP contribution in [-0.4, -0.2) is 40.7 Å². The molecular weight excluding hydrogens is 480 g/mol. The molecule has 0 saturated heterocycles. The molecule has 0 radical (unpaired) electrons. The molecule has 38 heavy (non-hydrogen) atoms. The van der Waals surface area contributed by atoms with Gasteiger partial charge in [-0.2, -0.15) is 0 Å². The Hall–Kier alpha value is -4.46. The number of aromatic nitrogens is 2. The molecule has 4 rings (SSSR count). The molecule has 0 aliphatic rings. The lowest BCUT2D eigenvalue weighted by Gasteiger charge is -2.24. The second-order valence-electron chi connectivity index (χ2n) is 8.72. The largest absolute Gasteiger partial charge is 0.494 e. The number of carbonyl (C=O) groups is 1. The Balaban J connectivity index is 1.44. The molecule has 1 aromatic heterocycles. The Morgan fingerprint density at radius 2 is 1.79 bits per heavy atom. The predicted molar refractivity (Wildman–Crippen MR) is 148 cm³/mol. The number of urea groups is 1. The van der Waals surface area contributed by atoms with Gasteiger partial charge in [-0.1, -0.05) is 36.4 Å². The lowest BCUT2D eigenvalue weighted by Crippen LogP contribution is -2.35. The number of amides is 2. The summed E-state index contributed by atoms with van der Waals surface area (Å²) in [4.78, 5) is 19.2. The van der Waals surface area contributed by atoms with Crippen LogP contribution in [0.3, 0.4) is 0 Å². The first-order valence-corrected chi connectivity index (χ1v) is 12.7. The summed E-state index contributed by atoms with van der Waals surface area (Å²) < 4.78 is 19.1. The van der Waals surface area contributed by atoms with Crippen molar-refractivity contribution in [2.75, 3.05) is 25.6 Å². The molecule has 0 bridgehead atoms. The van der Waals surface area contributed by atoms with E-state index in [1.807, 2.05) is 90.5 Å². The number of imidazole rings is 1. The summed E-state index contributed by atoms with van der Waals surface area (Å²) in [6.07, 6.45) is 6.24. The van der Waals surface area contributed by atoms with Gasteiger partial charge in [0.2, 0.25) is 0 Å². The van der Waals surface area contributed by atoms with Gasteiger partial charge in [-0.3, -0.25) is 0 Å². The number of methoxy groups -OCH3 is 1. The van der Waals surface area contributed by atoms with Crippen LogP contribution in [0, 0.1) is 0 Å². The molecule has 2 amide bonds. The Morgan fingerprint density at radius 1 is 0.974 bits per heavy atom. The molecule has 0 fully saturated rings. The summed E-state index contributed by atoms with van der Waals surface area (Å²) in [5, 5.41) is 3.01. The van der Waals surface area contributed by atoms with Crippen molar-refractivity contribution in [2.24, 2.45) is 0 Å². The van der Waals surface area contributed by atoms with E-state index < -0.39 is 0 Å². The van der Waals surface area contributed by atoms with Crippen LogP contribution in [0.5, 0.6) is 17.2 Å². The summed E-state index contributed by atoms with van der Waals surface area (Å²) in [5.41, 5.74) is 2.73. The number of anilines is 1. The molecule has 0 aliphatic heterocycles. The van der Waals surface area contributed by atoms with Gasteiger partial charge in [0.15, 0.2) is 11.5 Å². The Morgan fingerprint density at radius 3 is 2.50 bits per heavy atom. The molecular formula is C30H34N4O4. The predicted octanol–water partition coefficient (Wildman–Crippen LogP) is 5.99. The van der Waals surface area contributed by atoms with Crippen molar-refractivity contribution in [1.82, 2.24) is 14.5 Å².